The molecule has 0 saturated heterocycles. The number of benzene rings is 2. The number of carbonyl (C=O) groups is 1. The van der Waals surface area contributed by atoms with E-state index >= 15 is 0 Å². The average molecular weight is 341 g/mol. The zero-order valence-corrected chi connectivity index (χ0v) is 12.9. The van der Waals surface area contributed by atoms with Crippen molar-refractivity contribution >= 4 is 11.6 Å². The van der Waals surface area contributed by atoms with Crippen LogP contribution in [0.4, 0.5) is 14.5 Å². The second-order valence-electron chi connectivity index (χ2n) is 5.17. The monoisotopic (exact) mass is 341 g/mol. The standard InChI is InChI=1S/C18H13F2N3O2/c19-13-4-3-5-14(10-13)21-22-18(25)12-8-9-17(24)23(11-12)16-7-2-1-6-15(16)20/h1-11,21H,(H,22,25). The van der Waals surface area contributed by atoms with Gasteiger partial charge in [-0.3, -0.25) is 25.0 Å². The van der Waals surface area contributed by atoms with Gasteiger partial charge in [0.2, 0.25) is 0 Å². The molecule has 126 valence electrons. The van der Waals surface area contributed by atoms with Crippen molar-refractivity contribution in [2.24, 2.45) is 0 Å². The second-order valence-corrected chi connectivity index (χ2v) is 5.17. The zero-order chi connectivity index (χ0) is 17.8. The van der Waals surface area contributed by atoms with Gasteiger partial charge >= 0.3 is 0 Å². The van der Waals surface area contributed by atoms with Crippen molar-refractivity contribution in [2.45, 2.75) is 0 Å². The largest absolute Gasteiger partial charge is 0.298 e. The minimum atomic E-state index is -0.583. The minimum Gasteiger partial charge on any atom is -0.298 e. The Morgan fingerprint density at radius 2 is 1.76 bits per heavy atom. The highest BCUT2D eigenvalue weighted by atomic mass is 19.1. The van der Waals surface area contributed by atoms with Crippen molar-refractivity contribution in [3.8, 4) is 5.69 Å². The number of aromatic nitrogens is 1. The number of hydrazine groups is 1. The number of carbonyl (C=O) groups excluding carboxylic acids is 1. The van der Waals surface area contributed by atoms with E-state index in [1.807, 2.05) is 0 Å². The summed E-state index contributed by atoms with van der Waals surface area (Å²) in [5.41, 5.74) is 5.02. The fraction of sp³-hybridized carbons (Fsp3) is 0. The molecule has 0 aliphatic rings. The maximum absolute atomic E-state index is 13.9. The van der Waals surface area contributed by atoms with Gasteiger partial charge < -0.3 is 0 Å². The Morgan fingerprint density at radius 3 is 2.52 bits per heavy atom. The van der Waals surface area contributed by atoms with Gasteiger partial charge in [-0.2, -0.15) is 0 Å². The molecule has 1 heterocycles. The SMILES string of the molecule is O=C(NNc1cccc(F)c1)c1ccc(=O)n(-c2ccccc2F)c1. The van der Waals surface area contributed by atoms with E-state index in [9.17, 15) is 18.4 Å². The van der Waals surface area contributed by atoms with Crippen LogP contribution in [0.1, 0.15) is 10.4 Å². The predicted molar refractivity (Wildman–Crippen MR) is 89.5 cm³/mol. The number of amides is 1. The summed E-state index contributed by atoms with van der Waals surface area (Å²) in [6.45, 7) is 0. The molecule has 5 nitrogen and oxygen atoms in total. The Morgan fingerprint density at radius 1 is 0.960 bits per heavy atom. The lowest BCUT2D eigenvalue weighted by Gasteiger charge is -2.11. The number of halogens is 2. The van der Waals surface area contributed by atoms with Gasteiger partial charge in [0, 0.05) is 12.3 Å². The van der Waals surface area contributed by atoms with Crippen LogP contribution < -0.4 is 16.4 Å². The van der Waals surface area contributed by atoms with Crippen molar-refractivity contribution in [3.63, 3.8) is 0 Å². The van der Waals surface area contributed by atoms with Crippen LogP contribution in [0.5, 0.6) is 0 Å². The van der Waals surface area contributed by atoms with E-state index < -0.39 is 23.1 Å². The van der Waals surface area contributed by atoms with Crippen molar-refractivity contribution < 1.29 is 13.6 Å². The van der Waals surface area contributed by atoms with Crippen LogP contribution >= 0.6 is 0 Å². The summed E-state index contributed by atoms with van der Waals surface area (Å²) in [5, 5.41) is 0. The summed E-state index contributed by atoms with van der Waals surface area (Å²) < 4.78 is 28.0. The van der Waals surface area contributed by atoms with Crippen molar-refractivity contribution in [1.29, 1.82) is 0 Å². The molecule has 0 fully saturated rings. The van der Waals surface area contributed by atoms with Gasteiger partial charge in [0.1, 0.15) is 11.6 Å². The van der Waals surface area contributed by atoms with Crippen LogP contribution in [0.3, 0.4) is 0 Å². The highest BCUT2D eigenvalue weighted by Gasteiger charge is 2.11. The topological polar surface area (TPSA) is 63.1 Å². The normalized spacial score (nSPS) is 10.3. The number of para-hydroxylation sites is 1. The predicted octanol–water partition coefficient (Wildman–Crippen LogP) is 2.87. The third-order valence-electron chi connectivity index (χ3n) is 3.43. The van der Waals surface area contributed by atoms with Crippen molar-refractivity contribution in [1.82, 2.24) is 9.99 Å². The molecule has 0 aliphatic carbocycles. The minimum absolute atomic E-state index is 0.0419. The summed E-state index contributed by atoms with van der Waals surface area (Å²) in [6.07, 6.45) is 1.24. The summed E-state index contributed by atoms with van der Waals surface area (Å²) in [4.78, 5) is 24.2. The molecule has 1 amide bonds. The van der Waals surface area contributed by atoms with E-state index in [1.165, 1.54) is 54.7 Å². The summed E-state index contributed by atoms with van der Waals surface area (Å²) in [7, 11) is 0. The number of hydrogen-bond acceptors (Lipinski definition) is 3. The molecule has 1 aromatic heterocycles. The van der Waals surface area contributed by atoms with E-state index in [0.29, 0.717) is 5.69 Å². The summed E-state index contributed by atoms with van der Waals surface area (Å²) in [6, 6.07) is 13.8. The Kier molecular flexibility index (Phi) is 4.56. The Hall–Kier alpha value is -3.48. The molecule has 0 bridgehead atoms. The van der Waals surface area contributed by atoms with E-state index in [-0.39, 0.29) is 11.3 Å². The van der Waals surface area contributed by atoms with Gasteiger partial charge in [-0.25, -0.2) is 8.78 Å². The molecule has 0 unspecified atom stereocenters. The first-order valence-electron chi connectivity index (χ1n) is 7.34. The van der Waals surface area contributed by atoms with Crippen LogP contribution in [-0.4, -0.2) is 10.5 Å². The molecule has 2 aromatic carbocycles. The van der Waals surface area contributed by atoms with E-state index in [0.717, 1.165) is 4.57 Å². The molecule has 0 spiro atoms. The zero-order valence-electron chi connectivity index (χ0n) is 12.9. The van der Waals surface area contributed by atoms with Crippen molar-refractivity contribution in [2.75, 3.05) is 5.43 Å². The summed E-state index contributed by atoms with van der Waals surface area (Å²) in [5.74, 6) is -1.60. The number of nitrogens with zero attached hydrogens (tertiary/aromatic N) is 1. The van der Waals surface area contributed by atoms with E-state index in [1.54, 1.807) is 12.1 Å². The van der Waals surface area contributed by atoms with Crippen LogP contribution in [0.25, 0.3) is 5.69 Å². The lowest BCUT2D eigenvalue weighted by molar-refractivity contribution is 0.0962. The molecule has 0 aliphatic heterocycles. The lowest BCUT2D eigenvalue weighted by atomic mass is 10.2. The fourth-order valence-electron chi connectivity index (χ4n) is 2.22. The molecule has 7 heteroatoms. The molecule has 3 aromatic rings. The molecule has 0 saturated carbocycles. The molecule has 0 radical (unpaired) electrons. The van der Waals surface area contributed by atoms with Crippen LogP contribution in [0, 0.1) is 11.6 Å². The Bertz CT molecular complexity index is 986. The number of anilines is 1. The molecule has 3 rings (SSSR count). The fourth-order valence-corrected chi connectivity index (χ4v) is 2.22. The maximum atomic E-state index is 13.9. The third-order valence-corrected chi connectivity index (χ3v) is 3.43. The van der Waals surface area contributed by atoms with Gasteiger partial charge in [0.25, 0.3) is 11.5 Å². The molecular weight excluding hydrogens is 328 g/mol. The number of hydrogen-bond donors (Lipinski definition) is 2. The molecule has 2 N–H and O–H groups in total. The van der Waals surface area contributed by atoms with E-state index in [2.05, 4.69) is 10.9 Å². The Balaban J connectivity index is 1.83. The number of rotatable bonds is 4. The van der Waals surface area contributed by atoms with Gasteiger partial charge in [-0.15, -0.1) is 0 Å². The molecular formula is C18H13F2N3O2. The van der Waals surface area contributed by atoms with Crippen LogP contribution in [0.15, 0.2) is 71.7 Å². The van der Waals surface area contributed by atoms with Gasteiger partial charge in [-0.05, 0) is 36.4 Å². The Labute approximate surface area is 141 Å². The average Bonchev–Trinajstić information content (AvgIpc) is 2.61. The maximum Gasteiger partial charge on any atom is 0.271 e. The van der Waals surface area contributed by atoms with Crippen LogP contribution in [-0.2, 0) is 0 Å². The highest BCUT2D eigenvalue weighted by Crippen LogP contribution is 2.12. The first-order chi connectivity index (χ1) is 12.0. The first-order valence-corrected chi connectivity index (χ1v) is 7.34. The van der Waals surface area contributed by atoms with Crippen LogP contribution in [0.2, 0.25) is 0 Å². The molecule has 0 atom stereocenters. The third kappa shape index (κ3) is 3.72. The quantitative estimate of drug-likeness (QED) is 0.717. The summed E-state index contributed by atoms with van der Waals surface area (Å²) >= 11 is 0. The second kappa shape index (κ2) is 6.96. The highest BCUT2D eigenvalue weighted by molar-refractivity contribution is 5.94. The van der Waals surface area contributed by atoms with Crippen molar-refractivity contribution in [3.05, 3.63) is 94.4 Å². The van der Waals surface area contributed by atoms with E-state index in [4.69, 9.17) is 0 Å². The smallest absolute Gasteiger partial charge is 0.271 e. The van der Waals surface area contributed by atoms with Gasteiger partial charge in [0.15, 0.2) is 0 Å². The number of nitrogens with one attached hydrogen (secondary N) is 2. The number of pyridine rings is 1. The van der Waals surface area contributed by atoms with Gasteiger partial charge in [0.05, 0.1) is 16.9 Å². The molecule has 25 heavy (non-hydrogen) atoms. The first kappa shape index (κ1) is 16.4. The van der Waals surface area contributed by atoms with Gasteiger partial charge in [-0.1, -0.05) is 18.2 Å². The lowest BCUT2D eigenvalue weighted by Crippen LogP contribution is -2.30.